The zero-order valence-corrected chi connectivity index (χ0v) is 8.78. The summed E-state index contributed by atoms with van der Waals surface area (Å²) in [4.78, 5) is 12.7. The maximum absolute atomic E-state index is 10.4. The van der Waals surface area contributed by atoms with Crippen LogP contribution in [0.1, 0.15) is 13.8 Å². The zero-order chi connectivity index (χ0) is 9.56. The number of halogens is 1. The lowest BCUT2D eigenvalue weighted by atomic mass is 10.3. The fourth-order valence-corrected chi connectivity index (χ4v) is 1.90. The molecule has 1 unspecified atom stereocenters. The lowest BCUT2D eigenvalue weighted by molar-refractivity contribution is -0.138. The third-order valence-electron chi connectivity index (χ3n) is 1.17. The Morgan fingerprint density at radius 1 is 1.58 bits per heavy atom. The van der Waals surface area contributed by atoms with Crippen molar-refractivity contribution in [3.8, 4) is 0 Å². The lowest BCUT2D eigenvalue weighted by Gasteiger charge is -2.09. The molecule has 1 atom stereocenters. The van der Waals surface area contributed by atoms with Gasteiger partial charge in [0.25, 0.3) is 0 Å². The highest BCUT2D eigenvalue weighted by Crippen LogP contribution is 2.09. The number of rotatable bonds is 6. The van der Waals surface area contributed by atoms with Gasteiger partial charge >= 0.3 is 5.97 Å². The molecule has 2 N–H and O–H groups in total. The van der Waals surface area contributed by atoms with Crippen LogP contribution in [0.3, 0.4) is 0 Å². The molecule has 3 nitrogen and oxygen atoms in total. The van der Waals surface area contributed by atoms with Gasteiger partial charge in [0.2, 0.25) is 0 Å². The van der Waals surface area contributed by atoms with E-state index in [4.69, 9.17) is 16.9 Å². The quantitative estimate of drug-likeness (QED) is 0.655. The number of nitrogens with one attached hydrogen (secondary N) is 1. The first-order chi connectivity index (χ1) is 5.57. The predicted molar refractivity (Wildman–Crippen MR) is 52.6 cm³/mol. The van der Waals surface area contributed by atoms with E-state index in [1.165, 1.54) is 0 Å². The lowest BCUT2D eigenvalue weighted by Crippen LogP contribution is -2.33. The van der Waals surface area contributed by atoms with Crippen LogP contribution in [0, 0.1) is 5.92 Å². The van der Waals surface area contributed by atoms with Crippen LogP contribution < -0.4 is 4.84 Å². The Bertz CT molecular complexity index is 143. The molecule has 0 bridgehead atoms. The van der Waals surface area contributed by atoms with Gasteiger partial charge < -0.3 is 5.11 Å². The molecule has 0 saturated heterocycles. The first kappa shape index (κ1) is 12.1. The van der Waals surface area contributed by atoms with Gasteiger partial charge in [0.15, 0.2) is 0 Å². The van der Waals surface area contributed by atoms with E-state index < -0.39 is 12.0 Å². The van der Waals surface area contributed by atoms with Crippen LogP contribution in [0.15, 0.2) is 0 Å². The van der Waals surface area contributed by atoms with Gasteiger partial charge in [0, 0.05) is 5.75 Å². The molecule has 0 saturated carbocycles. The largest absolute Gasteiger partial charge is 0.480 e. The van der Waals surface area contributed by atoms with E-state index in [1.54, 1.807) is 11.8 Å². The molecule has 0 aliphatic carbocycles. The van der Waals surface area contributed by atoms with Crippen LogP contribution in [0.25, 0.3) is 0 Å². The molecular formula is C7H14ClNO2S. The standard InChI is InChI=1S/C7H14ClNO2S/c1-5(2)3-12-4-6(9-8)7(10)11/h5-6,9H,3-4H2,1-2H3,(H,10,11). The van der Waals surface area contributed by atoms with Gasteiger partial charge in [-0.25, -0.2) is 4.84 Å². The molecule has 5 heteroatoms. The minimum atomic E-state index is -0.902. The van der Waals surface area contributed by atoms with E-state index in [1.807, 2.05) is 0 Å². The first-order valence-corrected chi connectivity index (χ1v) is 5.28. The minimum Gasteiger partial charge on any atom is -0.480 e. The second kappa shape index (κ2) is 6.57. The normalized spacial score (nSPS) is 13.3. The molecule has 72 valence electrons. The van der Waals surface area contributed by atoms with Gasteiger partial charge in [-0.2, -0.15) is 11.8 Å². The second-order valence-electron chi connectivity index (χ2n) is 2.93. The second-order valence-corrected chi connectivity index (χ2v) is 4.22. The van der Waals surface area contributed by atoms with E-state index in [9.17, 15) is 4.79 Å². The molecule has 0 fully saturated rings. The van der Waals surface area contributed by atoms with Gasteiger partial charge in [-0.1, -0.05) is 13.8 Å². The van der Waals surface area contributed by atoms with Crippen LogP contribution >= 0.6 is 23.5 Å². The maximum atomic E-state index is 10.4. The van der Waals surface area contributed by atoms with Gasteiger partial charge in [-0.15, -0.1) is 0 Å². The van der Waals surface area contributed by atoms with E-state index in [0.29, 0.717) is 11.7 Å². The average molecular weight is 212 g/mol. The molecule has 0 radical (unpaired) electrons. The number of aliphatic carboxylic acids is 1. The number of hydrogen-bond donors (Lipinski definition) is 2. The Morgan fingerprint density at radius 3 is 2.50 bits per heavy atom. The Labute approximate surface area is 82.0 Å². The molecule has 0 heterocycles. The van der Waals surface area contributed by atoms with Gasteiger partial charge in [0.1, 0.15) is 6.04 Å². The summed E-state index contributed by atoms with van der Waals surface area (Å²) in [6.45, 7) is 4.19. The summed E-state index contributed by atoms with van der Waals surface area (Å²) in [5.41, 5.74) is 0. The average Bonchev–Trinajstić information content (AvgIpc) is 1.96. The van der Waals surface area contributed by atoms with Crippen LogP contribution in [-0.2, 0) is 4.79 Å². The SMILES string of the molecule is CC(C)CSCC(NCl)C(=O)O. The van der Waals surface area contributed by atoms with E-state index in [2.05, 4.69) is 18.7 Å². The van der Waals surface area contributed by atoms with Crippen molar-refractivity contribution in [3.05, 3.63) is 0 Å². The van der Waals surface area contributed by atoms with Crippen molar-refractivity contribution < 1.29 is 9.90 Å². The van der Waals surface area contributed by atoms with E-state index in [0.717, 1.165) is 5.75 Å². The van der Waals surface area contributed by atoms with Crippen LogP contribution in [0.5, 0.6) is 0 Å². The molecule has 0 spiro atoms. The molecule has 0 aliphatic heterocycles. The minimum absolute atomic E-state index is 0.511. The maximum Gasteiger partial charge on any atom is 0.322 e. The molecular weight excluding hydrogens is 198 g/mol. The summed E-state index contributed by atoms with van der Waals surface area (Å²) in [5, 5.41) is 8.58. The summed E-state index contributed by atoms with van der Waals surface area (Å²) in [6.07, 6.45) is 0. The number of thioether (sulfide) groups is 1. The Kier molecular flexibility index (Phi) is 6.61. The first-order valence-electron chi connectivity index (χ1n) is 3.74. The van der Waals surface area contributed by atoms with Crippen molar-refractivity contribution in [1.29, 1.82) is 0 Å². The third-order valence-corrected chi connectivity index (χ3v) is 2.90. The Hall–Kier alpha value is 0.0700. The van der Waals surface area contributed by atoms with Crippen molar-refractivity contribution in [2.24, 2.45) is 5.92 Å². The smallest absolute Gasteiger partial charge is 0.322 e. The van der Waals surface area contributed by atoms with Crippen LogP contribution in [-0.4, -0.2) is 28.6 Å². The topological polar surface area (TPSA) is 49.3 Å². The highest BCUT2D eigenvalue weighted by Gasteiger charge is 2.15. The molecule has 0 aliphatic rings. The highest BCUT2D eigenvalue weighted by atomic mass is 35.5. The number of hydrogen-bond acceptors (Lipinski definition) is 3. The Morgan fingerprint density at radius 2 is 2.17 bits per heavy atom. The summed E-state index contributed by atoms with van der Waals surface area (Å²) in [7, 11) is 0. The molecule has 0 amide bonds. The molecule has 0 aromatic carbocycles. The summed E-state index contributed by atoms with van der Waals surface area (Å²) in [6, 6.07) is -0.643. The third kappa shape index (κ3) is 5.69. The molecule has 0 aromatic rings. The van der Waals surface area contributed by atoms with Crippen molar-refractivity contribution in [3.63, 3.8) is 0 Å². The van der Waals surface area contributed by atoms with Gasteiger partial charge in [-0.3, -0.25) is 4.79 Å². The summed E-state index contributed by atoms with van der Waals surface area (Å²) < 4.78 is 0. The van der Waals surface area contributed by atoms with E-state index >= 15 is 0 Å². The van der Waals surface area contributed by atoms with Gasteiger partial charge in [-0.05, 0) is 23.4 Å². The van der Waals surface area contributed by atoms with Crippen molar-refractivity contribution >= 4 is 29.5 Å². The van der Waals surface area contributed by atoms with Crippen molar-refractivity contribution in [2.75, 3.05) is 11.5 Å². The van der Waals surface area contributed by atoms with Crippen LogP contribution in [0.4, 0.5) is 0 Å². The number of carboxylic acids is 1. The van der Waals surface area contributed by atoms with Crippen molar-refractivity contribution in [2.45, 2.75) is 19.9 Å². The monoisotopic (exact) mass is 211 g/mol. The fraction of sp³-hybridized carbons (Fsp3) is 0.857. The van der Waals surface area contributed by atoms with Gasteiger partial charge in [0.05, 0.1) is 0 Å². The van der Waals surface area contributed by atoms with Crippen molar-refractivity contribution in [1.82, 2.24) is 4.84 Å². The molecule has 0 aromatic heterocycles. The summed E-state index contributed by atoms with van der Waals surface area (Å²) >= 11 is 6.83. The van der Waals surface area contributed by atoms with E-state index in [-0.39, 0.29) is 0 Å². The molecule has 12 heavy (non-hydrogen) atoms. The summed E-state index contributed by atoms with van der Waals surface area (Å²) in [5.74, 6) is 1.15. The zero-order valence-electron chi connectivity index (χ0n) is 7.21. The highest BCUT2D eigenvalue weighted by molar-refractivity contribution is 7.99. The predicted octanol–water partition coefficient (Wildman–Crippen LogP) is 1.57. The molecule has 0 rings (SSSR count). The number of carboxylic acid groups (broad SMARTS) is 1. The Balaban J connectivity index is 3.52. The van der Waals surface area contributed by atoms with Crippen LogP contribution in [0.2, 0.25) is 0 Å². The fourth-order valence-electron chi connectivity index (χ4n) is 0.571. The number of carbonyl (C=O) groups is 1.